The van der Waals surface area contributed by atoms with Gasteiger partial charge in [0, 0.05) is 24.1 Å². The summed E-state index contributed by atoms with van der Waals surface area (Å²) in [7, 11) is 0. The molecule has 0 spiro atoms. The molecule has 1 fully saturated rings. The SMILES string of the molecule is NCC1(C(O)c2cc(F)ccc2F)CCOC1. The molecule has 0 saturated carbocycles. The van der Waals surface area contributed by atoms with Crippen molar-refractivity contribution in [3.8, 4) is 0 Å². The van der Waals surface area contributed by atoms with Crippen LogP contribution in [0.4, 0.5) is 8.78 Å². The Balaban J connectivity index is 2.35. The summed E-state index contributed by atoms with van der Waals surface area (Å²) in [5.74, 6) is -1.20. The number of ether oxygens (including phenoxy) is 1. The number of hydrogen-bond acceptors (Lipinski definition) is 3. The number of nitrogens with two attached hydrogens (primary N) is 1. The van der Waals surface area contributed by atoms with Crippen LogP contribution in [0, 0.1) is 17.0 Å². The van der Waals surface area contributed by atoms with Crippen molar-refractivity contribution in [1.82, 2.24) is 0 Å². The maximum Gasteiger partial charge on any atom is 0.129 e. The number of hydrogen-bond donors (Lipinski definition) is 2. The molecule has 17 heavy (non-hydrogen) atoms. The second-order valence-electron chi connectivity index (χ2n) is 4.44. The minimum Gasteiger partial charge on any atom is -0.388 e. The molecule has 94 valence electrons. The van der Waals surface area contributed by atoms with Gasteiger partial charge in [0.2, 0.25) is 0 Å². The molecule has 1 aliphatic rings. The van der Waals surface area contributed by atoms with Gasteiger partial charge in [0.05, 0.1) is 12.7 Å². The summed E-state index contributed by atoms with van der Waals surface area (Å²) in [6.07, 6.45) is -0.605. The van der Waals surface area contributed by atoms with Crippen LogP contribution in [-0.2, 0) is 4.74 Å². The van der Waals surface area contributed by atoms with Crippen molar-refractivity contribution in [2.24, 2.45) is 11.1 Å². The molecule has 1 aromatic rings. The van der Waals surface area contributed by atoms with Crippen LogP contribution in [-0.4, -0.2) is 24.9 Å². The van der Waals surface area contributed by atoms with Crippen LogP contribution in [0.5, 0.6) is 0 Å². The first kappa shape index (κ1) is 12.4. The van der Waals surface area contributed by atoms with Crippen LogP contribution in [0.15, 0.2) is 18.2 Å². The largest absolute Gasteiger partial charge is 0.388 e. The highest BCUT2D eigenvalue weighted by Gasteiger charge is 2.42. The second kappa shape index (κ2) is 4.68. The smallest absolute Gasteiger partial charge is 0.129 e. The highest BCUT2D eigenvalue weighted by atomic mass is 19.1. The van der Waals surface area contributed by atoms with E-state index in [2.05, 4.69) is 0 Å². The molecule has 1 heterocycles. The summed E-state index contributed by atoms with van der Waals surface area (Å²) in [5.41, 5.74) is 4.87. The van der Waals surface area contributed by atoms with Crippen molar-refractivity contribution in [2.45, 2.75) is 12.5 Å². The third-order valence-electron chi connectivity index (χ3n) is 3.37. The maximum absolute atomic E-state index is 13.6. The zero-order valence-corrected chi connectivity index (χ0v) is 9.33. The fourth-order valence-electron chi connectivity index (χ4n) is 2.17. The van der Waals surface area contributed by atoms with Crippen LogP contribution in [0.2, 0.25) is 0 Å². The van der Waals surface area contributed by atoms with Gasteiger partial charge in [-0.1, -0.05) is 0 Å². The van der Waals surface area contributed by atoms with Crippen molar-refractivity contribution in [2.75, 3.05) is 19.8 Å². The normalized spacial score (nSPS) is 26.1. The van der Waals surface area contributed by atoms with Crippen LogP contribution in [0.1, 0.15) is 18.1 Å². The van der Waals surface area contributed by atoms with E-state index in [1.54, 1.807) is 0 Å². The van der Waals surface area contributed by atoms with E-state index in [4.69, 9.17) is 10.5 Å². The molecular formula is C12H15F2NO2. The predicted molar refractivity (Wildman–Crippen MR) is 58.2 cm³/mol. The lowest BCUT2D eigenvalue weighted by atomic mass is 9.78. The van der Waals surface area contributed by atoms with E-state index in [1.165, 1.54) is 0 Å². The summed E-state index contributed by atoms with van der Waals surface area (Å²) >= 11 is 0. The first-order valence-electron chi connectivity index (χ1n) is 5.50. The summed E-state index contributed by atoms with van der Waals surface area (Å²) < 4.78 is 31.9. The predicted octanol–water partition coefficient (Wildman–Crippen LogP) is 1.36. The van der Waals surface area contributed by atoms with Gasteiger partial charge in [0.1, 0.15) is 11.6 Å². The van der Waals surface area contributed by atoms with Gasteiger partial charge in [0.25, 0.3) is 0 Å². The lowest BCUT2D eigenvalue weighted by Gasteiger charge is -2.31. The molecule has 3 N–H and O–H groups in total. The monoisotopic (exact) mass is 243 g/mol. The Morgan fingerprint density at radius 1 is 1.47 bits per heavy atom. The van der Waals surface area contributed by atoms with E-state index in [0.29, 0.717) is 13.0 Å². The van der Waals surface area contributed by atoms with E-state index >= 15 is 0 Å². The Kier molecular flexibility index (Phi) is 3.42. The number of benzene rings is 1. The average molecular weight is 243 g/mol. The number of rotatable bonds is 3. The molecule has 2 atom stereocenters. The number of aliphatic hydroxyl groups excluding tert-OH is 1. The second-order valence-corrected chi connectivity index (χ2v) is 4.44. The van der Waals surface area contributed by atoms with Gasteiger partial charge in [-0.05, 0) is 24.6 Å². The number of halogens is 2. The lowest BCUT2D eigenvalue weighted by Crippen LogP contribution is -2.37. The molecule has 0 aromatic heterocycles. The lowest BCUT2D eigenvalue weighted by molar-refractivity contribution is 0.0166. The molecule has 0 amide bonds. The third-order valence-corrected chi connectivity index (χ3v) is 3.37. The molecular weight excluding hydrogens is 228 g/mol. The van der Waals surface area contributed by atoms with Gasteiger partial charge in [-0.3, -0.25) is 0 Å². The van der Waals surface area contributed by atoms with Gasteiger partial charge in [-0.15, -0.1) is 0 Å². The molecule has 1 saturated heterocycles. The van der Waals surface area contributed by atoms with Crippen molar-refractivity contribution in [3.63, 3.8) is 0 Å². The van der Waals surface area contributed by atoms with Crippen LogP contribution in [0.25, 0.3) is 0 Å². The summed E-state index contributed by atoms with van der Waals surface area (Å²) in [4.78, 5) is 0. The molecule has 1 aliphatic heterocycles. The summed E-state index contributed by atoms with van der Waals surface area (Å²) in [6.45, 7) is 0.913. The summed E-state index contributed by atoms with van der Waals surface area (Å²) in [6, 6.07) is 3.04. The first-order chi connectivity index (χ1) is 8.09. The quantitative estimate of drug-likeness (QED) is 0.842. The van der Waals surface area contributed by atoms with Crippen molar-refractivity contribution >= 4 is 0 Å². The van der Waals surface area contributed by atoms with Crippen molar-refractivity contribution in [3.05, 3.63) is 35.4 Å². The molecule has 3 nitrogen and oxygen atoms in total. The minimum atomic E-state index is -1.15. The van der Waals surface area contributed by atoms with Gasteiger partial charge in [-0.2, -0.15) is 0 Å². The minimum absolute atomic E-state index is 0.0547. The van der Waals surface area contributed by atoms with Crippen LogP contribution < -0.4 is 5.73 Å². The van der Waals surface area contributed by atoms with Gasteiger partial charge < -0.3 is 15.6 Å². The first-order valence-corrected chi connectivity index (χ1v) is 5.50. The standard InChI is InChI=1S/C12H15F2NO2/c13-8-1-2-10(14)9(5-8)11(16)12(6-15)3-4-17-7-12/h1-2,5,11,16H,3-4,6-7,15H2. The fourth-order valence-corrected chi connectivity index (χ4v) is 2.17. The Labute approximate surface area is 98.2 Å². The van der Waals surface area contributed by atoms with E-state index in [1.807, 2.05) is 0 Å². The summed E-state index contributed by atoms with van der Waals surface area (Å²) in [5, 5.41) is 10.2. The van der Waals surface area contributed by atoms with Gasteiger partial charge in [-0.25, -0.2) is 8.78 Å². The van der Waals surface area contributed by atoms with Crippen molar-refractivity contribution in [1.29, 1.82) is 0 Å². The highest BCUT2D eigenvalue weighted by Crippen LogP contribution is 2.41. The van der Waals surface area contributed by atoms with Crippen LogP contribution >= 0.6 is 0 Å². The Bertz CT molecular complexity index is 405. The van der Waals surface area contributed by atoms with E-state index in [9.17, 15) is 13.9 Å². The average Bonchev–Trinajstić information content (AvgIpc) is 2.81. The molecule has 0 radical (unpaired) electrons. The molecule has 2 rings (SSSR count). The van der Waals surface area contributed by atoms with Crippen LogP contribution in [0.3, 0.4) is 0 Å². The highest BCUT2D eigenvalue weighted by molar-refractivity contribution is 5.23. The molecule has 0 bridgehead atoms. The Hall–Kier alpha value is -1.04. The van der Waals surface area contributed by atoms with Gasteiger partial charge >= 0.3 is 0 Å². The molecule has 2 unspecified atom stereocenters. The zero-order chi connectivity index (χ0) is 12.5. The number of aliphatic hydroxyl groups is 1. The van der Waals surface area contributed by atoms with Crippen molar-refractivity contribution < 1.29 is 18.6 Å². The zero-order valence-electron chi connectivity index (χ0n) is 9.33. The molecule has 0 aliphatic carbocycles. The third kappa shape index (κ3) is 2.18. The van der Waals surface area contributed by atoms with E-state index < -0.39 is 23.2 Å². The van der Waals surface area contributed by atoms with E-state index in [-0.39, 0.29) is 18.7 Å². The maximum atomic E-state index is 13.6. The van der Waals surface area contributed by atoms with Gasteiger partial charge in [0.15, 0.2) is 0 Å². The Morgan fingerprint density at radius 3 is 2.82 bits per heavy atom. The molecule has 1 aromatic carbocycles. The topological polar surface area (TPSA) is 55.5 Å². The van der Waals surface area contributed by atoms with E-state index in [0.717, 1.165) is 18.2 Å². The fraction of sp³-hybridized carbons (Fsp3) is 0.500. The molecule has 5 heteroatoms. The Morgan fingerprint density at radius 2 is 2.24 bits per heavy atom.